The van der Waals surface area contributed by atoms with Crippen LogP contribution in [-0.4, -0.2) is 39.8 Å². The molecule has 1 aliphatic rings. The van der Waals surface area contributed by atoms with Crippen LogP contribution in [0.5, 0.6) is 0 Å². The Morgan fingerprint density at radius 1 is 1.26 bits per heavy atom. The maximum atomic E-state index is 12.3. The fraction of sp³-hybridized carbons (Fsp3) is 0.857. The number of hydrogen-bond donors (Lipinski definition) is 1. The predicted molar refractivity (Wildman–Crippen MR) is 72.1 cm³/mol. The van der Waals surface area contributed by atoms with E-state index in [0.29, 0.717) is 25.8 Å². The predicted octanol–water partition coefficient (Wildman–Crippen LogP) is 3.03. The van der Waals surface area contributed by atoms with Crippen molar-refractivity contribution in [3.05, 3.63) is 0 Å². The third-order valence-electron chi connectivity index (χ3n) is 3.41. The summed E-state index contributed by atoms with van der Waals surface area (Å²) in [5.41, 5.74) is -1.68. The zero-order chi connectivity index (χ0) is 14.7. The molecular formula is C14H25NO4. The number of nitrogens with zero attached hydrogens (tertiary/aromatic N) is 1. The van der Waals surface area contributed by atoms with Gasteiger partial charge in [-0.05, 0) is 40.0 Å². The Morgan fingerprint density at radius 2 is 1.79 bits per heavy atom. The van der Waals surface area contributed by atoms with Crippen LogP contribution >= 0.6 is 0 Å². The van der Waals surface area contributed by atoms with Gasteiger partial charge in [-0.1, -0.05) is 19.8 Å². The summed E-state index contributed by atoms with van der Waals surface area (Å²) in [5.74, 6) is -0.913. The van der Waals surface area contributed by atoms with Crippen LogP contribution in [0.15, 0.2) is 0 Å². The fourth-order valence-corrected chi connectivity index (χ4v) is 2.58. The number of rotatable bonds is 4. The number of carboxylic acids is 1. The zero-order valence-corrected chi connectivity index (χ0v) is 12.4. The van der Waals surface area contributed by atoms with Gasteiger partial charge in [0.2, 0.25) is 0 Å². The minimum atomic E-state index is -1.07. The van der Waals surface area contributed by atoms with Crippen molar-refractivity contribution >= 4 is 12.1 Å². The summed E-state index contributed by atoms with van der Waals surface area (Å²) in [6, 6.07) is 0. The van der Waals surface area contributed by atoms with Crippen molar-refractivity contribution in [2.75, 3.05) is 6.54 Å². The number of carbonyl (C=O) groups is 2. The fourth-order valence-electron chi connectivity index (χ4n) is 2.58. The maximum absolute atomic E-state index is 12.3. The van der Waals surface area contributed by atoms with Gasteiger partial charge in [-0.2, -0.15) is 0 Å². The second kappa shape index (κ2) is 5.80. The zero-order valence-electron chi connectivity index (χ0n) is 12.4. The van der Waals surface area contributed by atoms with Crippen molar-refractivity contribution in [1.82, 2.24) is 4.90 Å². The van der Waals surface area contributed by atoms with Crippen LogP contribution in [0, 0.1) is 0 Å². The Balaban J connectivity index is 2.98. The van der Waals surface area contributed by atoms with E-state index in [4.69, 9.17) is 4.74 Å². The molecule has 5 nitrogen and oxygen atoms in total. The van der Waals surface area contributed by atoms with Gasteiger partial charge in [-0.3, -0.25) is 4.90 Å². The molecule has 0 atom stereocenters. The molecule has 1 fully saturated rings. The van der Waals surface area contributed by atoms with Crippen LogP contribution in [-0.2, 0) is 9.53 Å². The second-order valence-corrected chi connectivity index (χ2v) is 6.18. The third-order valence-corrected chi connectivity index (χ3v) is 3.41. The molecule has 0 saturated heterocycles. The molecule has 0 radical (unpaired) electrons. The van der Waals surface area contributed by atoms with E-state index in [1.54, 1.807) is 20.8 Å². The molecule has 1 N–H and O–H groups in total. The van der Waals surface area contributed by atoms with Gasteiger partial charge in [0, 0.05) is 6.54 Å². The lowest BCUT2D eigenvalue weighted by Gasteiger charge is -2.38. The smallest absolute Gasteiger partial charge is 0.411 e. The van der Waals surface area contributed by atoms with Crippen molar-refractivity contribution in [3.8, 4) is 0 Å². The molecule has 19 heavy (non-hydrogen) atoms. The molecule has 1 amide bonds. The third kappa shape index (κ3) is 3.61. The Kier molecular flexibility index (Phi) is 4.82. The van der Waals surface area contributed by atoms with Crippen LogP contribution in [0.25, 0.3) is 0 Å². The van der Waals surface area contributed by atoms with E-state index in [1.807, 2.05) is 6.92 Å². The van der Waals surface area contributed by atoms with Gasteiger partial charge in [0.15, 0.2) is 0 Å². The summed E-state index contributed by atoms with van der Waals surface area (Å²) >= 11 is 0. The van der Waals surface area contributed by atoms with Gasteiger partial charge >= 0.3 is 12.1 Å². The van der Waals surface area contributed by atoms with Crippen LogP contribution in [0.1, 0.15) is 59.8 Å². The van der Waals surface area contributed by atoms with Crippen LogP contribution in [0.4, 0.5) is 4.79 Å². The number of carbonyl (C=O) groups excluding carboxylic acids is 1. The molecule has 1 saturated carbocycles. The lowest BCUT2D eigenvalue weighted by molar-refractivity contribution is -0.151. The standard InChI is InChI=1S/C14H25NO4/c1-5-10-15(12(18)19-13(2,3)4)14(11(16)17)8-6-7-9-14/h5-10H2,1-4H3,(H,16,17). The molecule has 0 aliphatic heterocycles. The highest BCUT2D eigenvalue weighted by Crippen LogP contribution is 2.36. The summed E-state index contributed by atoms with van der Waals surface area (Å²) < 4.78 is 5.36. The molecule has 0 spiro atoms. The molecular weight excluding hydrogens is 246 g/mol. The van der Waals surface area contributed by atoms with Crippen molar-refractivity contribution in [2.45, 2.75) is 70.9 Å². The number of amides is 1. The van der Waals surface area contributed by atoms with E-state index in [2.05, 4.69) is 0 Å². The first-order valence-electron chi connectivity index (χ1n) is 6.97. The van der Waals surface area contributed by atoms with E-state index < -0.39 is 23.2 Å². The van der Waals surface area contributed by atoms with E-state index in [-0.39, 0.29) is 0 Å². The molecule has 0 unspecified atom stereocenters. The van der Waals surface area contributed by atoms with Gasteiger partial charge in [-0.15, -0.1) is 0 Å². The largest absolute Gasteiger partial charge is 0.479 e. The molecule has 0 heterocycles. The number of carboxylic acid groups (broad SMARTS) is 1. The summed E-state index contributed by atoms with van der Waals surface area (Å²) in [4.78, 5) is 25.4. The molecule has 0 aromatic heterocycles. The van der Waals surface area contributed by atoms with Gasteiger partial charge in [0.05, 0.1) is 0 Å². The van der Waals surface area contributed by atoms with Gasteiger partial charge in [-0.25, -0.2) is 9.59 Å². The van der Waals surface area contributed by atoms with Crippen LogP contribution < -0.4 is 0 Å². The first-order valence-corrected chi connectivity index (χ1v) is 6.97. The monoisotopic (exact) mass is 271 g/mol. The molecule has 1 rings (SSSR count). The summed E-state index contributed by atoms with van der Waals surface area (Å²) in [6.07, 6.45) is 2.92. The molecule has 0 aromatic carbocycles. The molecule has 1 aliphatic carbocycles. The lowest BCUT2D eigenvalue weighted by Crippen LogP contribution is -2.56. The number of aliphatic carboxylic acids is 1. The normalized spacial score (nSPS) is 18.1. The Labute approximate surface area is 114 Å². The maximum Gasteiger partial charge on any atom is 0.411 e. The van der Waals surface area contributed by atoms with Crippen LogP contribution in [0.3, 0.4) is 0 Å². The molecule has 0 bridgehead atoms. The summed E-state index contributed by atoms with van der Waals surface area (Å²) in [6.45, 7) is 7.72. The Bertz CT molecular complexity index is 340. The van der Waals surface area contributed by atoms with Gasteiger partial charge in [0.1, 0.15) is 11.1 Å². The van der Waals surface area contributed by atoms with Crippen molar-refractivity contribution in [2.24, 2.45) is 0 Å². The van der Waals surface area contributed by atoms with E-state index >= 15 is 0 Å². The number of ether oxygens (including phenoxy) is 1. The van der Waals surface area contributed by atoms with E-state index in [9.17, 15) is 14.7 Å². The highest BCUT2D eigenvalue weighted by atomic mass is 16.6. The van der Waals surface area contributed by atoms with E-state index in [1.165, 1.54) is 4.90 Å². The average Bonchev–Trinajstić information content (AvgIpc) is 2.73. The Morgan fingerprint density at radius 3 is 2.16 bits per heavy atom. The minimum Gasteiger partial charge on any atom is -0.479 e. The van der Waals surface area contributed by atoms with E-state index in [0.717, 1.165) is 12.8 Å². The highest BCUT2D eigenvalue weighted by molar-refractivity contribution is 5.85. The van der Waals surface area contributed by atoms with Crippen molar-refractivity contribution < 1.29 is 19.4 Å². The van der Waals surface area contributed by atoms with Crippen molar-refractivity contribution in [3.63, 3.8) is 0 Å². The van der Waals surface area contributed by atoms with Crippen molar-refractivity contribution in [1.29, 1.82) is 0 Å². The Hall–Kier alpha value is -1.26. The SMILES string of the molecule is CCCN(C(=O)OC(C)(C)C)C1(C(=O)O)CCCC1. The van der Waals surface area contributed by atoms with Crippen LogP contribution in [0.2, 0.25) is 0 Å². The topological polar surface area (TPSA) is 66.8 Å². The molecule has 5 heteroatoms. The minimum absolute atomic E-state index is 0.418. The lowest BCUT2D eigenvalue weighted by atomic mass is 9.95. The molecule has 0 aromatic rings. The molecule has 110 valence electrons. The first kappa shape index (κ1) is 15.8. The number of hydrogen-bond acceptors (Lipinski definition) is 3. The first-order chi connectivity index (χ1) is 8.73. The second-order valence-electron chi connectivity index (χ2n) is 6.18. The quantitative estimate of drug-likeness (QED) is 0.853. The summed E-state index contributed by atoms with van der Waals surface area (Å²) in [7, 11) is 0. The highest BCUT2D eigenvalue weighted by Gasteiger charge is 2.49. The van der Waals surface area contributed by atoms with Gasteiger partial charge < -0.3 is 9.84 Å². The van der Waals surface area contributed by atoms with Gasteiger partial charge in [0.25, 0.3) is 0 Å². The summed E-state index contributed by atoms with van der Waals surface area (Å²) in [5, 5.41) is 9.56. The average molecular weight is 271 g/mol.